The van der Waals surface area contributed by atoms with Crippen molar-refractivity contribution in [2.24, 2.45) is 0 Å². The molecule has 6 heteroatoms. The second-order valence-corrected chi connectivity index (χ2v) is 6.60. The van der Waals surface area contributed by atoms with E-state index in [0.717, 1.165) is 58.7 Å². The zero-order chi connectivity index (χ0) is 18.7. The fourth-order valence-electron chi connectivity index (χ4n) is 3.29. The quantitative estimate of drug-likeness (QED) is 0.630. The van der Waals surface area contributed by atoms with Crippen LogP contribution in [0.15, 0.2) is 24.5 Å². The molecule has 3 rings (SSSR count). The Morgan fingerprint density at radius 3 is 2.85 bits per heavy atom. The van der Waals surface area contributed by atoms with Crippen molar-refractivity contribution in [1.82, 2.24) is 14.5 Å². The smallest absolute Gasteiger partial charge is 0.128 e. The number of nitrogens with zero attached hydrogens (tertiary/aromatic N) is 3. The number of hydrogen-bond donors (Lipinski definition) is 2. The number of aryl methyl sites for hydroxylation is 1. The van der Waals surface area contributed by atoms with Crippen LogP contribution in [0, 0.1) is 13.8 Å². The van der Waals surface area contributed by atoms with E-state index in [0.29, 0.717) is 12.4 Å². The van der Waals surface area contributed by atoms with E-state index >= 15 is 0 Å². The van der Waals surface area contributed by atoms with Crippen molar-refractivity contribution < 1.29 is 4.74 Å². The van der Waals surface area contributed by atoms with Gasteiger partial charge in [0.05, 0.1) is 36.1 Å². The third-order valence-corrected chi connectivity index (χ3v) is 4.65. The zero-order valence-corrected chi connectivity index (χ0v) is 16.0. The summed E-state index contributed by atoms with van der Waals surface area (Å²) in [7, 11) is 1.70. The molecule has 26 heavy (non-hydrogen) atoms. The van der Waals surface area contributed by atoms with E-state index in [-0.39, 0.29) is 0 Å². The topological polar surface area (TPSA) is 78.0 Å². The van der Waals surface area contributed by atoms with Crippen LogP contribution in [0.5, 0.6) is 5.75 Å². The molecule has 0 aliphatic heterocycles. The van der Waals surface area contributed by atoms with Crippen molar-refractivity contribution in [3.05, 3.63) is 41.3 Å². The van der Waals surface area contributed by atoms with Gasteiger partial charge in [-0.25, -0.2) is 4.98 Å². The summed E-state index contributed by atoms with van der Waals surface area (Å²) in [5, 5.41) is 3.50. The van der Waals surface area contributed by atoms with E-state index < -0.39 is 0 Å². The fourth-order valence-corrected chi connectivity index (χ4v) is 3.29. The number of methoxy groups -OCH3 is 1. The SMILES string of the molecule is CCCCNc1cc(N)nc2ccn(Cc3ncc(C)c(OC)c3C)c12. The molecule has 6 nitrogen and oxygen atoms in total. The molecule has 3 aromatic heterocycles. The first-order valence-corrected chi connectivity index (χ1v) is 9.03. The number of rotatable bonds is 7. The highest BCUT2D eigenvalue weighted by molar-refractivity contribution is 5.90. The van der Waals surface area contributed by atoms with Gasteiger partial charge in [0, 0.05) is 36.1 Å². The molecule has 0 fully saturated rings. The molecule has 3 heterocycles. The third-order valence-electron chi connectivity index (χ3n) is 4.65. The maximum absolute atomic E-state index is 5.98. The highest BCUT2D eigenvalue weighted by Gasteiger charge is 2.14. The van der Waals surface area contributed by atoms with E-state index in [4.69, 9.17) is 10.5 Å². The molecular formula is C20H27N5O. The van der Waals surface area contributed by atoms with Gasteiger partial charge in [0.25, 0.3) is 0 Å². The standard InChI is InChI=1S/C20H27N5O/c1-5-6-8-22-16-10-18(21)24-15-7-9-25(19(15)16)12-17-14(3)20(26-4)13(2)11-23-17/h7,9-11H,5-6,8,12H2,1-4H3,(H3,21,22,24). The summed E-state index contributed by atoms with van der Waals surface area (Å²) in [6.07, 6.45) is 6.16. The highest BCUT2D eigenvalue weighted by Crippen LogP contribution is 2.29. The van der Waals surface area contributed by atoms with Gasteiger partial charge in [-0.2, -0.15) is 0 Å². The minimum absolute atomic E-state index is 0.528. The van der Waals surface area contributed by atoms with Crippen molar-refractivity contribution in [2.75, 3.05) is 24.7 Å². The fraction of sp³-hybridized carbons (Fsp3) is 0.400. The Bertz CT molecular complexity index is 916. The van der Waals surface area contributed by atoms with Crippen molar-refractivity contribution in [2.45, 2.75) is 40.2 Å². The average Bonchev–Trinajstić information content (AvgIpc) is 3.00. The summed E-state index contributed by atoms with van der Waals surface area (Å²) in [6, 6.07) is 3.90. The molecule has 0 spiro atoms. The summed E-state index contributed by atoms with van der Waals surface area (Å²) in [4.78, 5) is 9.09. The number of nitrogen functional groups attached to an aromatic ring is 1. The van der Waals surface area contributed by atoms with Crippen LogP contribution in [-0.4, -0.2) is 28.2 Å². The predicted molar refractivity (Wildman–Crippen MR) is 107 cm³/mol. The van der Waals surface area contributed by atoms with Crippen molar-refractivity contribution >= 4 is 22.5 Å². The van der Waals surface area contributed by atoms with Gasteiger partial charge in [0.1, 0.15) is 11.6 Å². The van der Waals surface area contributed by atoms with Crippen LogP contribution in [0.3, 0.4) is 0 Å². The minimum atomic E-state index is 0.528. The number of fused-ring (bicyclic) bond motifs is 1. The minimum Gasteiger partial charge on any atom is -0.496 e. The Hall–Kier alpha value is -2.76. The van der Waals surface area contributed by atoms with Crippen LogP contribution in [0.2, 0.25) is 0 Å². The summed E-state index contributed by atoms with van der Waals surface area (Å²) < 4.78 is 7.70. The molecule has 0 aromatic carbocycles. The lowest BCUT2D eigenvalue weighted by molar-refractivity contribution is 0.406. The molecule has 0 aliphatic rings. The van der Waals surface area contributed by atoms with Crippen LogP contribution >= 0.6 is 0 Å². The molecular weight excluding hydrogens is 326 g/mol. The molecule has 0 saturated heterocycles. The largest absolute Gasteiger partial charge is 0.496 e. The van der Waals surface area contributed by atoms with Gasteiger partial charge in [0.15, 0.2) is 0 Å². The van der Waals surface area contributed by atoms with E-state index in [1.165, 1.54) is 0 Å². The average molecular weight is 353 g/mol. The summed E-state index contributed by atoms with van der Waals surface area (Å²) in [5.41, 5.74) is 12.0. The molecule has 0 atom stereocenters. The Kier molecular flexibility index (Phi) is 5.30. The maximum Gasteiger partial charge on any atom is 0.128 e. The summed E-state index contributed by atoms with van der Waals surface area (Å²) in [6.45, 7) is 7.81. The first-order chi connectivity index (χ1) is 12.5. The zero-order valence-electron chi connectivity index (χ0n) is 16.0. The number of aromatic nitrogens is 3. The monoisotopic (exact) mass is 353 g/mol. The van der Waals surface area contributed by atoms with Crippen molar-refractivity contribution in [3.8, 4) is 5.75 Å². The van der Waals surface area contributed by atoms with Gasteiger partial charge in [-0.3, -0.25) is 4.98 Å². The number of pyridine rings is 2. The van der Waals surface area contributed by atoms with Crippen molar-refractivity contribution in [3.63, 3.8) is 0 Å². The lowest BCUT2D eigenvalue weighted by Crippen LogP contribution is -2.08. The number of anilines is 2. The van der Waals surface area contributed by atoms with Gasteiger partial charge >= 0.3 is 0 Å². The van der Waals surface area contributed by atoms with Crippen LogP contribution in [0.1, 0.15) is 36.6 Å². The second kappa shape index (κ2) is 7.64. The molecule has 0 bridgehead atoms. The lowest BCUT2D eigenvalue weighted by Gasteiger charge is -2.15. The number of nitrogens with two attached hydrogens (primary N) is 1. The molecule has 0 radical (unpaired) electrons. The normalized spacial score (nSPS) is 11.1. The van der Waals surface area contributed by atoms with E-state index in [1.807, 2.05) is 31.5 Å². The maximum atomic E-state index is 5.98. The number of ether oxygens (including phenoxy) is 1. The van der Waals surface area contributed by atoms with Crippen LogP contribution in [0.4, 0.5) is 11.5 Å². The van der Waals surface area contributed by atoms with Gasteiger partial charge in [-0.1, -0.05) is 13.3 Å². The Labute approximate surface area is 154 Å². The van der Waals surface area contributed by atoms with Gasteiger partial charge < -0.3 is 20.4 Å². The first-order valence-electron chi connectivity index (χ1n) is 9.03. The van der Waals surface area contributed by atoms with Crippen LogP contribution < -0.4 is 15.8 Å². The molecule has 3 N–H and O–H groups in total. The second-order valence-electron chi connectivity index (χ2n) is 6.60. The molecule has 138 valence electrons. The van der Waals surface area contributed by atoms with Crippen LogP contribution in [0.25, 0.3) is 11.0 Å². The molecule has 0 unspecified atom stereocenters. The van der Waals surface area contributed by atoms with Gasteiger partial charge in [-0.05, 0) is 26.3 Å². The van der Waals surface area contributed by atoms with Gasteiger partial charge in [0.2, 0.25) is 0 Å². The summed E-state index contributed by atoms with van der Waals surface area (Å²) >= 11 is 0. The number of nitrogens with one attached hydrogen (secondary N) is 1. The molecule has 0 saturated carbocycles. The Morgan fingerprint density at radius 2 is 2.12 bits per heavy atom. The third kappa shape index (κ3) is 3.45. The molecule has 0 amide bonds. The number of unbranched alkanes of at least 4 members (excludes halogenated alkanes) is 1. The predicted octanol–water partition coefficient (Wildman–Crippen LogP) is 3.90. The molecule has 0 aliphatic carbocycles. The van der Waals surface area contributed by atoms with Crippen molar-refractivity contribution in [1.29, 1.82) is 0 Å². The van der Waals surface area contributed by atoms with Crippen LogP contribution in [-0.2, 0) is 6.54 Å². The Morgan fingerprint density at radius 1 is 1.31 bits per heavy atom. The summed E-state index contributed by atoms with van der Waals surface area (Å²) in [5.74, 6) is 1.43. The van der Waals surface area contributed by atoms with E-state index in [1.54, 1.807) is 7.11 Å². The highest BCUT2D eigenvalue weighted by atomic mass is 16.5. The lowest BCUT2D eigenvalue weighted by atomic mass is 10.1. The molecule has 3 aromatic rings. The van der Waals surface area contributed by atoms with E-state index in [2.05, 4.69) is 33.7 Å². The van der Waals surface area contributed by atoms with E-state index in [9.17, 15) is 0 Å². The number of hydrogen-bond acceptors (Lipinski definition) is 5. The Balaban J connectivity index is 2.01. The van der Waals surface area contributed by atoms with Gasteiger partial charge in [-0.15, -0.1) is 0 Å². The first kappa shape index (κ1) is 18.0.